The third kappa shape index (κ3) is 6.67. The number of carbonyl (C=O) groups excluding carboxylic acids is 1. The van der Waals surface area contributed by atoms with Crippen molar-refractivity contribution < 1.29 is 13.2 Å². The van der Waals surface area contributed by atoms with E-state index in [0.29, 0.717) is 32.7 Å². The summed E-state index contributed by atoms with van der Waals surface area (Å²) in [5.74, 6) is 0.207. The summed E-state index contributed by atoms with van der Waals surface area (Å²) in [7, 11) is -4.04. The van der Waals surface area contributed by atoms with Crippen LogP contribution in [0.5, 0.6) is 0 Å². The second kappa shape index (κ2) is 12.0. The second-order valence-electron chi connectivity index (χ2n) is 8.17. The molecular weight excluding hydrogens is 547 g/mol. The Labute approximate surface area is 231 Å². The SMILES string of the molecule is Cc1c(Cl)cccc1N(CC(=O)Nc1ccccc1SCc1ccc(Cl)cc1)S(=O)(=O)c1ccccc1. The van der Waals surface area contributed by atoms with Crippen molar-refractivity contribution in [1.29, 1.82) is 0 Å². The fourth-order valence-corrected chi connectivity index (χ4v) is 6.40. The number of halogens is 2. The molecule has 4 aromatic rings. The third-order valence-corrected chi connectivity index (χ3v) is 9.18. The number of hydrogen-bond donors (Lipinski definition) is 1. The van der Waals surface area contributed by atoms with Crippen LogP contribution >= 0.6 is 35.0 Å². The van der Waals surface area contributed by atoms with Gasteiger partial charge < -0.3 is 5.32 Å². The molecular formula is C28H24Cl2N2O3S2. The maximum absolute atomic E-state index is 13.6. The monoisotopic (exact) mass is 570 g/mol. The normalized spacial score (nSPS) is 11.2. The van der Waals surface area contributed by atoms with Gasteiger partial charge in [0.15, 0.2) is 0 Å². The number of carbonyl (C=O) groups is 1. The topological polar surface area (TPSA) is 66.5 Å². The summed E-state index contributed by atoms with van der Waals surface area (Å²) in [6.45, 7) is 1.31. The first-order valence-corrected chi connectivity index (χ1v) is 14.5. The highest BCUT2D eigenvalue weighted by atomic mass is 35.5. The van der Waals surface area contributed by atoms with Gasteiger partial charge in [0, 0.05) is 20.7 Å². The predicted molar refractivity (Wildman–Crippen MR) is 153 cm³/mol. The van der Waals surface area contributed by atoms with Crippen LogP contribution in [0.2, 0.25) is 10.0 Å². The average Bonchev–Trinajstić information content (AvgIpc) is 2.90. The molecule has 4 rings (SSSR count). The molecule has 0 atom stereocenters. The van der Waals surface area contributed by atoms with Crippen LogP contribution in [0.3, 0.4) is 0 Å². The van der Waals surface area contributed by atoms with Crippen molar-refractivity contribution >= 4 is 62.3 Å². The number of nitrogens with zero attached hydrogens (tertiary/aromatic N) is 1. The number of thioether (sulfide) groups is 1. The average molecular weight is 572 g/mol. The van der Waals surface area contributed by atoms with Crippen molar-refractivity contribution in [1.82, 2.24) is 0 Å². The van der Waals surface area contributed by atoms with Crippen LogP contribution < -0.4 is 9.62 Å². The van der Waals surface area contributed by atoms with Gasteiger partial charge in [0.25, 0.3) is 10.0 Å². The Hall–Kier alpha value is -2.97. The Morgan fingerprint density at radius 3 is 2.27 bits per heavy atom. The molecule has 0 spiro atoms. The lowest BCUT2D eigenvalue weighted by molar-refractivity contribution is -0.114. The maximum atomic E-state index is 13.6. The van der Waals surface area contributed by atoms with Gasteiger partial charge in [-0.15, -0.1) is 11.8 Å². The van der Waals surface area contributed by atoms with E-state index in [-0.39, 0.29) is 4.90 Å². The molecule has 0 unspecified atom stereocenters. The fourth-order valence-electron chi connectivity index (χ4n) is 3.64. The van der Waals surface area contributed by atoms with Crippen molar-refractivity contribution in [2.45, 2.75) is 22.5 Å². The summed E-state index contributed by atoms with van der Waals surface area (Å²) in [5, 5.41) is 3.98. The van der Waals surface area contributed by atoms with Gasteiger partial charge in [-0.2, -0.15) is 0 Å². The van der Waals surface area contributed by atoms with Crippen LogP contribution in [0.4, 0.5) is 11.4 Å². The van der Waals surface area contributed by atoms with E-state index in [0.717, 1.165) is 14.8 Å². The third-order valence-electron chi connectivity index (χ3n) is 5.59. The zero-order chi connectivity index (χ0) is 26.4. The largest absolute Gasteiger partial charge is 0.323 e. The molecule has 190 valence electrons. The van der Waals surface area contributed by atoms with Crippen LogP contribution in [0, 0.1) is 6.92 Å². The molecule has 0 aromatic heterocycles. The molecule has 9 heteroatoms. The number of benzene rings is 4. The number of amides is 1. The minimum Gasteiger partial charge on any atom is -0.323 e. The van der Waals surface area contributed by atoms with Gasteiger partial charge in [0.1, 0.15) is 6.54 Å². The van der Waals surface area contributed by atoms with E-state index < -0.39 is 22.5 Å². The number of para-hydroxylation sites is 1. The first-order valence-electron chi connectivity index (χ1n) is 11.3. The minimum absolute atomic E-state index is 0.0843. The minimum atomic E-state index is -4.04. The quantitative estimate of drug-likeness (QED) is 0.212. The smallest absolute Gasteiger partial charge is 0.264 e. The van der Waals surface area contributed by atoms with Gasteiger partial charge in [-0.3, -0.25) is 9.10 Å². The molecule has 0 heterocycles. The lowest BCUT2D eigenvalue weighted by atomic mass is 10.2. The number of sulfonamides is 1. The van der Waals surface area contributed by atoms with Gasteiger partial charge in [-0.05, 0) is 66.6 Å². The van der Waals surface area contributed by atoms with E-state index in [4.69, 9.17) is 23.2 Å². The number of anilines is 2. The Kier molecular flexibility index (Phi) is 8.82. The summed E-state index contributed by atoms with van der Waals surface area (Å²) in [5.41, 5.74) is 2.60. The molecule has 1 N–H and O–H groups in total. The van der Waals surface area contributed by atoms with Crippen LogP contribution in [0.1, 0.15) is 11.1 Å². The lowest BCUT2D eigenvalue weighted by Crippen LogP contribution is -2.38. The van der Waals surface area contributed by atoms with E-state index in [1.807, 2.05) is 42.5 Å². The molecule has 0 fully saturated rings. The zero-order valence-electron chi connectivity index (χ0n) is 19.9. The maximum Gasteiger partial charge on any atom is 0.264 e. The van der Waals surface area contributed by atoms with E-state index in [2.05, 4.69) is 5.32 Å². The van der Waals surface area contributed by atoms with E-state index in [9.17, 15) is 13.2 Å². The molecule has 37 heavy (non-hydrogen) atoms. The number of hydrogen-bond acceptors (Lipinski definition) is 4. The molecule has 5 nitrogen and oxygen atoms in total. The molecule has 1 amide bonds. The zero-order valence-corrected chi connectivity index (χ0v) is 23.0. The molecule has 0 saturated carbocycles. The van der Waals surface area contributed by atoms with Crippen molar-refractivity contribution in [2.24, 2.45) is 0 Å². The molecule has 0 aliphatic heterocycles. The van der Waals surface area contributed by atoms with Crippen LogP contribution in [-0.4, -0.2) is 20.9 Å². The van der Waals surface area contributed by atoms with Crippen LogP contribution in [-0.2, 0) is 20.6 Å². The summed E-state index contributed by atoms with van der Waals surface area (Å²) in [6, 6.07) is 28.0. The first-order chi connectivity index (χ1) is 17.8. The van der Waals surface area contributed by atoms with Gasteiger partial charge in [0.2, 0.25) is 5.91 Å². The summed E-state index contributed by atoms with van der Waals surface area (Å²) < 4.78 is 28.3. The second-order valence-corrected chi connectivity index (χ2v) is 11.9. The predicted octanol–water partition coefficient (Wildman–Crippen LogP) is 7.43. The highest BCUT2D eigenvalue weighted by Gasteiger charge is 2.29. The Bertz CT molecular complexity index is 1500. The fraction of sp³-hybridized carbons (Fsp3) is 0.107. The van der Waals surface area contributed by atoms with Crippen molar-refractivity contribution in [3.8, 4) is 0 Å². The van der Waals surface area contributed by atoms with E-state index in [1.54, 1.807) is 61.2 Å². The van der Waals surface area contributed by atoms with Crippen molar-refractivity contribution in [2.75, 3.05) is 16.2 Å². The first kappa shape index (κ1) is 27.1. The van der Waals surface area contributed by atoms with Crippen LogP contribution in [0.25, 0.3) is 0 Å². The Morgan fingerprint density at radius 1 is 0.865 bits per heavy atom. The van der Waals surface area contributed by atoms with Crippen LogP contribution in [0.15, 0.2) is 107 Å². The van der Waals surface area contributed by atoms with Crippen molar-refractivity contribution in [3.05, 3.63) is 118 Å². The van der Waals surface area contributed by atoms with Gasteiger partial charge in [-0.25, -0.2) is 8.42 Å². The number of rotatable bonds is 9. The summed E-state index contributed by atoms with van der Waals surface area (Å²) >= 11 is 13.8. The Balaban J connectivity index is 1.59. The Morgan fingerprint density at radius 2 is 1.54 bits per heavy atom. The van der Waals surface area contributed by atoms with Gasteiger partial charge in [-0.1, -0.05) is 71.7 Å². The number of nitrogens with one attached hydrogen (secondary N) is 1. The highest BCUT2D eigenvalue weighted by molar-refractivity contribution is 7.98. The molecule has 0 saturated heterocycles. The lowest BCUT2D eigenvalue weighted by Gasteiger charge is -2.26. The van der Waals surface area contributed by atoms with E-state index in [1.165, 1.54) is 12.1 Å². The molecule has 4 aromatic carbocycles. The summed E-state index contributed by atoms with van der Waals surface area (Å²) in [6.07, 6.45) is 0. The van der Waals surface area contributed by atoms with Gasteiger partial charge >= 0.3 is 0 Å². The highest BCUT2D eigenvalue weighted by Crippen LogP contribution is 2.32. The molecule has 0 aliphatic rings. The van der Waals surface area contributed by atoms with Gasteiger partial charge in [0.05, 0.1) is 16.3 Å². The molecule has 0 bridgehead atoms. The van der Waals surface area contributed by atoms with Crippen molar-refractivity contribution in [3.63, 3.8) is 0 Å². The summed E-state index contributed by atoms with van der Waals surface area (Å²) in [4.78, 5) is 14.2. The molecule has 0 aliphatic carbocycles. The standard InChI is InChI=1S/C28H24Cl2N2O3S2/c1-20-24(30)10-7-12-26(20)32(37(34,35)23-8-3-2-4-9-23)18-28(33)31-25-11-5-6-13-27(25)36-19-21-14-16-22(29)17-15-21/h2-17H,18-19H2,1H3,(H,31,33). The van der Waals surface area contributed by atoms with E-state index >= 15 is 0 Å². The molecule has 0 radical (unpaired) electrons.